The first-order chi connectivity index (χ1) is 7.90. The molecule has 0 bridgehead atoms. The number of hydrogen-bond acceptors (Lipinski definition) is 6. The van der Waals surface area contributed by atoms with Gasteiger partial charge in [-0.05, 0) is 22.6 Å². The standard InChI is InChI=1S/C9H12N6S/c10-4-6-15-9(12-13-14-15)16-7-8-3-1-2-5-11-8/h1-3,5H,4,6-7,10H2. The summed E-state index contributed by atoms with van der Waals surface area (Å²) in [5.74, 6) is 0.756. The van der Waals surface area contributed by atoms with Crippen molar-refractivity contribution >= 4 is 11.8 Å². The summed E-state index contributed by atoms with van der Waals surface area (Å²) in [5.41, 5.74) is 6.47. The summed E-state index contributed by atoms with van der Waals surface area (Å²) in [6, 6.07) is 5.84. The van der Waals surface area contributed by atoms with E-state index in [4.69, 9.17) is 5.73 Å². The van der Waals surface area contributed by atoms with E-state index < -0.39 is 0 Å². The summed E-state index contributed by atoms with van der Waals surface area (Å²) < 4.78 is 1.70. The molecule has 0 spiro atoms. The third-order valence-electron chi connectivity index (χ3n) is 1.92. The van der Waals surface area contributed by atoms with E-state index in [1.54, 1.807) is 22.6 Å². The maximum Gasteiger partial charge on any atom is 0.209 e. The number of tetrazole rings is 1. The molecule has 84 valence electrons. The van der Waals surface area contributed by atoms with Crippen LogP contribution in [-0.2, 0) is 12.3 Å². The van der Waals surface area contributed by atoms with Gasteiger partial charge in [0.05, 0.1) is 12.2 Å². The molecule has 0 radical (unpaired) electrons. The molecular weight excluding hydrogens is 224 g/mol. The van der Waals surface area contributed by atoms with Gasteiger partial charge in [-0.3, -0.25) is 4.98 Å². The Morgan fingerprint density at radius 1 is 1.38 bits per heavy atom. The molecular formula is C9H12N6S. The second-order valence-corrected chi connectivity index (χ2v) is 4.03. The van der Waals surface area contributed by atoms with Crippen LogP contribution in [0.5, 0.6) is 0 Å². The summed E-state index contributed by atoms with van der Waals surface area (Å²) >= 11 is 1.56. The van der Waals surface area contributed by atoms with Crippen LogP contribution in [0.3, 0.4) is 0 Å². The van der Waals surface area contributed by atoms with Crippen molar-refractivity contribution in [2.24, 2.45) is 5.73 Å². The van der Waals surface area contributed by atoms with Crippen LogP contribution in [0.1, 0.15) is 5.69 Å². The molecule has 0 aliphatic carbocycles. The van der Waals surface area contributed by atoms with Crippen molar-refractivity contribution in [3.8, 4) is 0 Å². The number of nitrogens with two attached hydrogens (primary N) is 1. The van der Waals surface area contributed by atoms with E-state index in [0.29, 0.717) is 13.1 Å². The quantitative estimate of drug-likeness (QED) is 0.753. The molecule has 0 aliphatic rings. The number of thioether (sulfide) groups is 1. The van der Waals surface area contributed by atoms with Crippen LogP contribution in [0.25, 0.3) is 0 Å². The molecule has 2 aromatic rings. The molecule has 2 rings (SSSR count). The Morgan fingerprint density at radius 3 is 3.06 bits per heavy atom. The normalized spacial score (nSPS) is 10.6. The van der Waals surface area contributed by atoms with Crippen LogP contribution >= 0.6 is 11.8 Å². The number of hydrogen-bond donors (Lipinski definition) is 1. The Kier molecular flexibility index (Phi) is 3.84. The van der Waals surface area contributed by atoms with Gasteiger partial charge in [0.15, 0.2) is 0 Å². The highest BCUT2D eigenvalue weighted by Gasteiger charge is 2.06. The average molecular weight is 236 g/mol. The average Bonchev–Trinajstić information content (AvgIpc) is 2.76. The third kappa shape index (κ3) is 2.77. The van der Waals surface area contributed by atoms with Crippen molar-refractivity contribution in [1.82, 2.24) is 25.2 Å². The lowest BCUT2D eigenvalue weighted by molar-refractivity contribution is 0.557. The molecule has 0 aromatic carbocycles. The highest BCUT2D eigenvalue weighted by atomic mass is 32.2. The Bertz CT molecular complexity index is 429. The maximum atomic E-state index is 5.46. The van der Waals surface area contributed by atoms with Gasteiger partial charge < -0.3 is 5.73 Å². The van der Waals surface area contributed by atoms with Gasteiger partial charge in [0.1, 0.15) is 0 Å². The molecule has 2 N–H and O–H groups in total. The van der Waals surface area contributed by atoms with Crippen LogP contribution in [0.4, 0.5) is 0 Å². The zero-order valence-electron chi connectivity index (χ0n) is 8.65. The zero-order valence-corrected chi connectivity index (χ0v) is 9.47. The Labute approximate surface area is 97.2 Å². The molecule has 2 heterocycles. The number of nitrogens with zero attached hydrogens (tertiary/aromatic N) is 5. The van der Waals surface area contributed by atoms with E-state index in [0.717, 1.165) is 16.6 Å². The van der Waals surface area contributed by atoms with Gasteiger partial charge in [-0.25, -0.2) is 4.68 Å². The molecule has 0 unspecified atom stereocenters. The molecule has 6 nitrogen and oxygen atoms in total. The molecule has 0 amide bonds. The molecule has 2 aromatic heterocycles. The van der Waals surface area contributed by atoms with Gasteiger partial charge >= 0.3 is 0 Å². The summed E-state index contributed by atoms with van der Waals surface area (Å²) in [6.45, 7) is 1.17. The summed E-state index contributed by atoms with van der Waals surface area (Å²) in [7, 11) is 0. The van der Waals surface area contributed by atoms with Gasteiger partial charge in [-0.15, -0.1) is 5.10 Å². The highest BCUT2D eigenvalue weighted by Crippen LogP contribution is 2.17. The lowest BCUT2D eigenvalue weighted by Crippen LogP contribution is -2.12. The van der Waals surface area contributed by atoms with E-state index in [-0.39, 0.29) is 0 Å². The van der Waals surface area contributed by atoms with Gasteiger partial charge in [-0.1, -0.05) is 17.8 Å². The fourth-order valence-corrected chi connectivity index (χ4v) is 2.00. The molecule has 0 saturated carbocycles. The fraction of sp³-hybridized carbons (Fsp3) is 0.333. The SMILES string of the molecule is NCCn1nnnc1SCc1ccccn1. The number of aromatic nitrogens is 5. The molecule has 0 atom stereocenters. The fourth-order valence-electron chi connectivity index (χ4n) is 1.18. The summed E-state index contributed by atoms with van der Waals surface area (Å²) in [6.07, 6.45) is 1.78. The van der Waals surface area contributed by atoms with Gasteiger partial charge in [0.2, 0.25) is 5.16 Å². The van der Waals surface area contributed by atoms with Gasteiger partial charge in [-0.2, -0.15) is 0 Å². The topological polar surface area (TPSA) is 82.5 Å². The van der Waals surface area contributed by atoms with Crippen molar-refractivity contribution in [3.63, 3.8) is 0 Å². The minimum atomic E-state index is 0.530. The van der Waals surface area contributed by atoms with Crippen molar-refractivity contribution in [1.29, 1.82) is 0 Å². The lowest BCUT2D eigenvalue weighted by Gasteiger charge is -2.01. The van der Waals surface area contributed by atoms with E-state index in [1.165, 1.54) is 0 Å². The van der Waals surface area contributed by atoms with E-state index in [1.807, 2.05) is 18.2 Å². The molecule has 0 saturated heterocycles. The maximum absolute atomic E-state index is 5.46. The monoisotopic (exact) mass is 236 g/mol. The van der Waals surface area contributed by atoms with E-state index in [9.17, 15) is 0 Å². The number of rotatable bonds is 5. The van der Waals surface area contributed by atoms with Crippen LogP contribution in [-0.4, -0.2) is 31.7 Å². The lowest BCUT2D eigenvalue weighted by atomic mass is 10.4. The van der Waals surface area contributed by atoms with E-state index in [2.05, 4.69) is 20.5 Å². The first-order valence-corrected chi connectivity index (χ1v) is 5.87. The zero-order chi connectivity index (χ0) is 11.2. The minimum Gasteiger partial charge on any atom is -0.329 e. The van der Waals surface area contributed by atoms with Gasteiger partial charge in [0.25, 0.3) is 0 Å². The predicted molar refractivity (Wildman–Crippen MR) is 60.7 cm³/mol. The van der Waals surface area contributed by atoms with Crippen LogP contribution in [0, 0.1) is 0 Å². The Morgan fingerprint density at radius 2 is 2.31 bits per heavy atom. The highest BCUT2D eigenvalue weighted by molar-refractivity contribution is 7.98. The smallest absolute Gasteiger partial charge is 0.209 e. The van der Waals surface area contributed by atoms with Crippen LogP contribution in [0.2, 0.25) is 0 Å². The first-order valence-electron chi connectivity index (χ1n) is 4.89. The molecule has 0 fully saturated rings. The van der Waals surface area contributed by atoms with Crippen molar-refractivity contribution in [2.75, 3.05) is 6.54 Å². The number of pyridine rings is 1. The third-order valence-corrected chi connectivity index (χ3v) is 2.91. The van der Waals surface area contributed by atoms with Crippen molar-refractivity contribution in [3.05, 3.63) is 30.1 Å². The first kappa shape index (κ1) is 11.0. The predicted octanol–water partition coefficient (Wildman–Crippen LogP) is 0.319. The molecule has 16 heavy (non-hydrogen) atoms. The van der Waals surface area contributed by atoms with Crippen LogP contribution < -0.4 is 5.73 Å². The second-order valence-electron chi connectivity index (χ2n) is 3.08. The van der Waals surface area contributed by atoms with E-state index >= 15 is 0 Å². The van der Waals surface area contributed by atoms with Crippen LogP contribution in [0.15, 0.2) is 29.6 Å². The second kappa shape index (κ2) is 5.57. The van der Waals surface area contributed by atoms with Gasteiger partial charge in [0, 0.05) is 18.5 Å². The molecule has 0 aliphatic heterocycles. The molecule has 7 heteroatoms. The summed E-state index contributed by atoms with van der Waals surface area (Å²) in [4.78, 5) is 4.23. The largest absolute Gasteiger partial charge is 0.329 e. The van der Waals surface area contributed by atoms with Crippen molar-refractivity contribution < 1.29 is 0 Å². The van der Waals surface area contributed by atoms with Crippen molar-refractivity contribution in [2.45, 2.75) is 17.5 Å². The summed E-state index contributed by atoms with van der Waals surface area (Å²) in [5, 5.41) is 12.2. The Hall–Kier alpha value is -1.47. The Balaban J connectivity index is 1.97. The minimum absolute atomic E-state index is 0.530.